The fourth-order valence-corrected chi connectivity index (χ4v) is 5.60. The maximum Gasteiger partial charge on any atom is 0.273 e. The molecule has 7 nitrogen and oxygen atoms in total. The molecule has 5 rings (SSSR count). The minimum atomic E-state index is -1.16. The number of amides is 3. The summed E-state index contributed by atoms with van der Waals surface area (Å²) in [5.74, 6) is -1.37. The summed E-state index contributed by atoms with van der Waals surface area (Å²) in [6.45, 7) is 3.68. The number of hydrogen-bond donors (Lipinski definition) is 2. The van der Waals surface area contributed by atoms with E-state index in [9.17, 15) is 18.8 Å². The van der Waals surface area contributed by atoms with Crippen LogP contribution < -0.4 is 10.6 Å². The highest BCUT2D eigenvalue weighted by molar-refractivity contribution is 6.14. The molecule has 2 aromatic carbocycles. The standard InChI is InChI=1S/C28H31FN4O3/c1-18(34)30-24-22-16-20(29)12-13-23(22)32-17-28(2,27(36)31-21-10-6-7-11-21)33(26(35)25(24)32)15-14-19-8-4-3-5-9-19/h3-5,8-9,12-13,16,21H,6-7,10-11,14-15,17H2,1-2H3,(H,30,34)(H,31,36)/t28-/m1/s1. The van der Waals surface area contributed by atoms with Crippen LogP contribution in [0.15, 0.2) is 48.5 Å². The van der Waals surface area contributed by atoms with E-state index in [-0.39, 0.29) is 41.7 Å². The van der Waals surface area contributed by atoms with Gasteiger partial charge in [0.05, 0.1) is 17.7 Å². The predicted molar refractivity (Wildman–Crippen MR) is 136 cm³/mol. The summed E-state index contributed by atoms with van der Waals surface area (Å²) in [5.41, 5.74) is 1.05. The first-order chi connectivity index (χ1) is 17.3. The van der Waals surface area contributed by atoms with Crippen LogP contribution in [0.2, 0.25) is 0 Å². The van der Waals surface area contributed by atoms with Crippen LogP contribution in [0.5, 0.6) is 0 Å². The third kappa shape index (κ3) is 4.25. The molecule has 2 heterocycles. The van der Waals surface area contributed by atoms with Gasteiger partial charge in [-0.2, -0.15) is 0 Å². The van der Waals surface area contributed by atoms with E-state index in [2.05, 4.69) is 10.6 Å². The maximum absolute atomic E-state index is 14.2. The minimum Gasteiger partial charge on any atom is -0.351 e. The molecule has 1 aromatic heterocycles. The zero-order valence-corrected chi connectivity index (χ0v) is 20.6. The molecule has 0 spiro atoms. The molecule has 1 aliphatic carbocycles. The summed E-state index contributed by atoms with van der Waals surface area (Å²) in [6.07, 6.45) is 4.60. The second-order valence-electron chi connectivity index (χ2n) is 10.1. The highest BCUT2D eigenvalue weighted by atomic mass is 19.1. The van der Waals surface area contributed by atoms with Crippen LogP contribution in [0, 0.1) is 5.82 Å². The second kappa shape index (κ2) is 9.41. The van der Waals surface area contributed by atoms with Gasteiger partial charge in [0, 0.05) is 24.9 Å². The van der Waals surface area contributed by atoms with Crippen LogP contribution in [0.3, 0.4) is 0 Å². The van der Waals surface area contributed by atoms with Crippen molar-refractivity contribution in [2.75, 3.05) is 11.9 Å². The number of hydrogen-bond acceptors (Lipinski definition) is 3. The van der Waals surface area contributed by atoms with E-state index in [1.54, 1.807) is 22.5 Å². The smallest absolute Gasteiger partial charge is 0.273 e. The summed E-state index contributed by atoms with van der Waals surface area (Å²) < 4.78 is 16.0. The zero-order chi connectivity index (χ0) is 25.4. The molecule has 0 bridgehead atoms. The normalized spacial score (nSPS) is 20.0. The molecule has 3 aromatic rings. The molecule has 1 fully saturated rings. The van der Waals surface area contributed by atoms with Crippen molar-refractivity contribution in [2.45, 2.75) is 64.1 Å². The summed E-state index contributed by atoms with van der Waals surface area (Å²) >= 11 is 0. The number of aromatic nitrogens is 1. The van der Waals surface area contributed by atoms with Gasteiger partial charge in [-0.1, -0.05) is 43.2 Å². The van der Waals surface area contributed by atoms with Gasteiger partial charge in [0.15, 0.2) is 0 Å². The minimum absolute atomic E-state index is 0.104. The third-order valence-corrected chi connectivity index (χ3v) is 7.48. The Labute approximate surface area is 209 Å². The fraction of sp³-hybridized carbons (Fsp3) is 0.393. The zero-order valence-electron chi connectivity index (χ0n) is 20.6. The van der Waals surface area contributed by atoms with E-state index >= 15 is 0 Å². The van der Waals surface area contributed by atoms with Crippen molar-refractivity contribution in [2.24, 2.45) is 0 Å². The first kappa shape index (κ1) is 24.0. The van der Waals surface area contributed by atoms with Crippen molar-refractivity contribution in [1.82, 2.24) is 14.8 Å². The van der Waals surface area contributed by atoms with Gasteiger partial charge in [0.1, 0.15) is 17.1 Å². The Morgan fingerprint density at radius 2 is 1.83 bits per heavy atom. The lowest BCUT2D eigenvalue weighted by Gasteiger charge is -2.44. The Kier molecular flexibility index (Phi) is 6.28. The van der Waals surface area contributed by atoms with Crippen molar-refractivity contribution in [1.29, 1.82) is 0 Å². The van der Waals surface area contributed by atoms with Gasteiger partial charge in [-0.25, -0.2) is 4.39 Å². The van der Waals surface area contributed by atoms with Crippen LogP contribution in [0.4, 0.5) is 10.1 Å². The summed E-state index contributed by atoms with van der Waals surface area (Å²) in [7, 11) is 0. The molecule has 1 atom stereocenters. The molecule has 188 valence electrons. The lowest BCUT2D eigenvalue weighted by atomic mass is 9.93. The molecule has 2 N–H and O–H groups in total. The van der Waals surface area contributed by atoms with E-state index in [1.165, 1.54) is 19.1 Å². The molecule has 36 heavy (non-hydrogen) atoms. The highest BCUT2D eigenvalue weighted by Gasteiger charge is 2.49. The summed E-state index contributed by atoms with van der Waals surface area (Å²) in [5, 5.41) is 6.38. The van der Waals surface area contributed by atoms with Crippen LogP contribution in [-0.2, 0) is 22.6 Å². The molecule has 0 radical (unpaired) electrons. The topological polar surface area (TPSA) is 83.4 Å². The molecule has 0 unspecified atom stereocenters. The van der Waals surface area contributed by atoms with Crippen molar-refractivity contribution >= 4 is 34.3 Å². The SMILES string of the molecule is CC(=O)Nc1c2n(c3ccc(F)cc13)C[C@](C)(C(=O)NC1CCCC1)N(CCc1ccccc1)C2=O. The van der Waals surface area contributed by atoms with E-state index in [0.717, 1.165) is 31.2 Å². The average molecular weight is 491 g/mol. The molecule has 1 aliphatic heterocycles. The molecule has 8 heteroatoms. The monoisotopic (exact) mass is 490 g/mol. The van der Waals surface area contributed by atoms with E-state index < -0.39 is 11.4 Å². The first-order valence-corrected chi connectivity index (χ1v) is 12.5. The second-order valence-corrected chi connectivity index (χ2v) is 10.1. The molecule has 0 saturated heterocycles. The average Bonchev–Trinajstić information content (AvgIpc) is 3.45. The molecular weight excluding hydrogens is 459 g/mol. The van der Waals surface area contributed by atoms with Gasteiger partial charge in [-0.05, 0) is 49.9 Å². The Balaban J connectivity index is 1.60. The number of halogens is 1. The van der Waals surface area contributed by atoms with Crippen LogP contribution >= 0.6 is 0 Å². The Bertz CT molecular complexity index is 1330. The Hall–Kier alpha value is -3.68. The van der Waals surface area contributed by atoms with Crippen molar-refractivity contribution in [3.05, 3.63) is 65.6 Å². The van der Waals surface area contributed by atoms with Crippen molar-refractivity contribution < 1.29 is 18.8 Å². The summed E-state index contributed by atoms with van der Waals surface area (Å²) in [4.78, 5) is 41.6. The van der Waals surface area contributed by atoms with Crippen LogP contribution in [0.1, 0.15) is 55.6 Å². The van der Waals surface area contributed by atoms with Gasteiger partial charge < -0.3 is 20.1 Å². The quantitative estimate of drug-likeness (QED) is 0.542. The Morgan fingerprint density at radius 3 is 2.53 bits per heavy atom. The van der Waals surface area contributed by atoms with Crippen LogP contribution in [0.25, 0.3) is 10.9 Å². The lowest BCUT2D eigenvalue weighted by Crippen LogP contribution is -2.65. The van der Waals surface area contributed by atoms with Crippen molar-refractivity contribution in [3.8, 4) is 0 Å². The predicted octanol–water partition coefficient (Wildman–Crippen LogP) is 4.25. The Morgan fingerprint density at radius 1 is 1.11 bits per heavy atom. The number of fused-ring (bicyclic) bond motifs is 3. The third-order valence-electron chi connectivity index (χ3n) is 7.48. The number of rotatable bonds is 6. The number of carbonyl (C=O) groups excluding carboxylic acids is 3. The van der Waals surface area contributed by atoms with Crippen LogP contribution in [-0.4, -0.2) is 45.3 Å². The van der Waals surface area contributed by atoms with Gasteiger partial charge >= 0.3 is 0 Å². The molecule has 3 amide bonds. The van der Waals surface area contributed by atoms with E-state index in [1.807, 2.05) is 30.3 Å². The van der Waals surface area contributed by atoms with Gasteiger partial charge in [0.25, 0.3) is 5.91 Å². The maximum atomic E-state index is 14.2. The van der Waals surface area contributed by atoms with E-state index in [0.29, 0.717) is 23.9 Å². The highest BCUT2D eigenvalue weighted by Crippen LogP contribution is 2.39. The van der Waals surface area contributed by atoms with Gasteiger partial charge in [0.2, 0.25) is 11.8 Å². The number of nitrogens with zero attached hydrogens (tertiary/aromatic N) is 2. The number of anilines is 1. The number of benzene rings is 2. The lowest BCUT2D eigenvalue weighted by molar-refractivity contribution is -0.133. The van der Waals surface area contributed by atoms with Gasteiger partial charge in [-0.3, -0.25) is 14.4 Å². The number of carbonyl (C=O) groups is 3. The first-order valence-electron chi connectivity index (χ1n) is 12.5. The summed E-state index contributed by atoms with van der Waals surface area (Å²) in [6, 6.07) is 14.2. The van der Waals surface area contributed by atoms with Crippen molar-refractivity contribution in [3.63, 3.8) is 0 Å². The fourth-order valence-electron chi connectivity index (χ4n) is 5.60. The number of nitrogens with one attached hydrogen (secondary N) is 2. The molecule has 2 aliphatic rings. The largest absolute Gasteiger partial charge is 0.351 e. The van der Waals surface area contributed by atoms with E-state index in [4.69, 9.17) is 0 Å². The van der Waals surface area contributed by atoms with Gasteiger partial charge in [-0.15, -0.1) is 0 Å². The molecule has 1 saturated carbocycles. The molecular formula is C28H31FN4O3.